The first-order valence-corrected chi connectivity index (χ1v) is 10.9. The van der Waals surface area contributed by atoms with Crippen LogP contribution in [-0.4, -0.2) is 44.8 Å². The van der Waals surface area contributed by atoms with Crippen LogP contribution in [0.2, 0.25) is 0 Å². The summed E-state index contributed by atoms with van der Waals surface area (Å²) >= 11 is 5.82. The quantitative estimate of drug-likeness (QED) is 0.570. The molecule has 0 N–H and O–H groups in total. The predicted octanol–water partition coefficient (Wildman–Crippen LogP) is 4.92. The fourth-order valence-electron chi connectivity index (χ4n) is 3.71. The molecule has 6 heteroatoms. The molecule has 29 heavy (non-hydrogen) atoms. The zero-order valence-corrected chi connectivity index (χ0v) is 18.8. The Morgan fingerprint density at radius 2 is 1.03 bits per heavy atom. The molecule has 1 aliphatic rings. The SMILES string of the molecule is CCN(CC)c1ccc(N2COCN(c3ccc(N(CC)CC)cc3)C2=S)cc1. The van der Waals surface area contributed by atoms with E-state index in [2.05, 4.69) is 86.0 Å². The monoisotopic (exact) mass is 412 g/mol. The molecule has 0 spiro atoms. The normalized spacial score (nSPS) is 14.3. The Morgan fingerprint density at radius 3 is 1.34 bits per heavy atom. The second-order valence-corrected chi connectivity index (χ2v) is 7.34. The number of rotatable bonds is 8. The number of benzene rings is 2. The lowest BCUT2D eigenvalue weighted by atomic mass is 10.2. The van der Waals surface area contributed by atoms with Crippen LogP contribution in [0.4, 0.5) is 22.7 Å². The van der Waals surface area contributed by atoms with Crippen LogP contribution in [0.25, 0.3) is 0 Å². The van der Waals surface area contributed by atoms with Crippen LogP contribution in [0.5, 0.6) is 0 Å². The van der Waals surface area contributed by atoms with Crippen LogP contribution in [-0.2, 0) is 4.74 Å². The van der Waals surface area contributed by atoms with E-state index >= 15 is 0 Å². The molecular formula is C23H32N4OS. The molecule has 0 aromatic heterocycles. The smallest absolute Gasteiger partial charge is 0.184 e. The number of anilines is 4. The largest absolute Gasteiger partial charge is 0.372 e. The van der Waals surface area contributed by atoms with E-state index in [1.54, 1.807) is 0 Å². The molecule has 1 saturated heterocycles. The topological polar surface area (TPSA) is 22.2 Å². The summed E-state index contributed by atoms with van der Waals surface area (Å²) in [6.45, 7) is 13.6. The molecule has 1 aliphatic heterocycles. The Kier molecular flexibility index (Phi) is 7.34. The Labute approximate surface area is 180 Å². The lowest BCUT2D eigenvalue weighted by molar-refractivity contribution is 0.138. The van der Waals surface area contributed by atoms with E-state index in [-0.39, 0.29) is 0 Å². The molecule has 0 bridgehead atoms. The van der Waals surface area contributed by atoms with Gasteiger partial charge >= 0.3 is 0 Å². The van der Waals surface area contributed by atoms with Gasteiger partial charge in [0, 0.05) is 48.9 Å². The first-order chi connectivity index (χ1) is 14.1. The molecule has 0 unspecified atom stereocenters. The lowest BCUT2D eigenvalue weighted by Gasteiger charge is -2.38. The maximum Gasteiger partial charge on any atom is 0.184 e. The Morgan fingerprint density at radius 1 is 0.690 bits per heavy atom. The number of hydrogen-bond acceptors (Lipinski definition) is 4. The summed E-state index contributed by atoms with van der Waals surface area (Å²) < 4.78 is 5.86. The van der Waals surface area contributed by atoms with Crippen molar-refractivity contribution in [3.63, 3.8) is 0 Å². The number of thiocarbonyl (C=S) groups is 1. The van der Waals surface area contributed by atoms with Gasteiger partial charge < -0.3 is 14.5 Å². The van der Waals surface area contributed by atoms with Crippen molar-refractivity contribution in [3.05, 3.63) is 48.5 Å². The average Bonchev–Trinajstić information content (AvgIpc) is 2.77. The first kappa shape index (κ1) is 21.4. The summed E-state index contributed by atoms with van der Waals surface area (Å²) in [4.78, 5) is 8.75. The van der Waals surface area contributed by atoms with E-state index in [1.165, 1.54) is 11.4 Å². The number of ether oxygens (including phenoxy) is 1. The van der Waals surface area contributed by atoms with Crippen LogP contribution in [0.3, 0.4) is 0 Å². The minimum atomic E-state index is 0.470. The molecular weight excluding hydrogens is 380 g/mol. The minimum absolute atomic E-state index is 0.470. The lowest BCUT2D eigenvalue weighted by Crippen LogP contribution is -2.50. The van der Waals surface area contributed by atoms with Crippen molar-refractivity contribution in [1.82, 2.24) is 0 Å². The maximum absolute atomic E-state index is 5.86. The van der Waals surface area contributed by atoms with Gasteiger partial charge in [0.15, 0.2) is 5.11 Å². The number of nitrogens with zero attached hydrogens (tertiary/aromatic N) is 4. The van der Waals surface area contributed by atoms with Crippen LogP contribution >= 0.6 is 12.2 Å². The standard InChI is InChI=1S/C23H32N4OS/c1-5-24(6-2)19-9-13-21(14-10-19)26-17-28-18-27(23(26)29)22-15-11-20(12-16-22)25(7-3)8-4/h9-16H,5-8,17-18H2,1-4H3. The van der Waals surface area contributed by atoms with Crippen molar-refractivity contribution >= 4 is 40.1 Å². The molecule has 2 aromatic rings. The van der Waals surface area contributed by atoms with Gasteiger partial charge in [-0.3, -0.25) is 9.80 Å². The van der Waals surface area contributed by atoms with E-state index in [0.717, 1.165) is 42.7 Å². The van der Waals surface area contributed by atoms with E-state index in [1.807, 2.05) is 9.80 Å². The molecule has 3 rings (SSSR count). The molecule has 0 radical (unpaired) electrons. The van der Waals surface area contributed by atoms with Gasteiger partial charge in [0.2, 0.25) is 0 Å². The highest BCUT2D eigenvalue weighted by atomic mass is 32.1. The third-order valence-corrected chi connectivity index (χ3v) is 5.92. The fourth-order valence-corrected chi connectivity index (χ4v) is 4.03. The Hall–Kier alpha value is -2.31. The van der Waals surface area contributed by atoms with Gasteiger partial charge in [0.05, 0.1) is 0 Å². The molecule has 0 atom stereocenters. The molecule has 1 heterocycles. The number of hydrogen-bond donors (Lipinski definition) is 0. The molecule has 1 fully saturated rings. The Bertz CT molecular complexity index is 720. The van der Waals surface area contributed by atoms with Crippen molar-refractivity contribution in [2.75, 3.05) is 59.2 Å². The molecule has 0 saturated carbocycles. The van der Waals surface area contributed by atoms with Gasteiger partial charge in [-0.15, -0.1) is 0 Å². The van der Waals surface area contributed by atoms with Crippen molar-refractivity contribution in [2.24, 2.45) is 0 Å². The predicted molar refractivity (Wildman–Crippen MR) is 128 cm³/mol. The van der Waals surface area contributed by atoms with Crippen molar-refractivity contribution < 1.29 is 4.74 Å². The third-order valence-electron chi connectivity index (χ3n) is 5.48. The average molecular weight is 413 g/mol. The van der Waals surface area contributed by atoms with Crippen molar-refractivity contribution in [2.45, 2.75) is 27.7 Å². The molecule has 2 aromatic carbocycles. The summed E-state index contributed by atoms with van der Waals surface area (Å²) in [5, 5.41) is 0.766. The first-order valence-electron chi connectivity index (χ1n) is 10.5. The zero-order valence-electron chi connectivity index (χ0n) is 18.0. The molecule has 156 valence electrons. The second-order valence-electron chi connectivity index (χ2n) is 6.98. The van der Waals surface area contributed by atoms with E-state index in [9.17, 15) is 0 Å². The maximum atomic E-state index is 5.86. The highest BCUT2D eigenvalue weighted by Crippen LogP contribution is 2.27. The third kappa shape index (κ3) is 4.65. The fraction of sp³-hybridized carbons (Fsp3) is 0.435. The molecule has 5 nitrogen and oxygen atoms in total. The van der Waals surface area contributed by atoms with Crippen molar-refractivity contribution in [3.8, 4) is 0 Å². The van der Waals surface area contributed by atoms with Gasteiger partial charge in [0.25, 0.3) is 0 Å². The summed E-state index contributed by atoms with van der Waals surface area (Å²) in [7, 11) is 0. The van der Waals surface area contributed by atoms with Crippen LogP contribution in [0, 0.1) is 0 Å². The summed E-state index contributed by atoms with van der Waals surface area (Å²) in [6, 6.07) is 17.1. The summed E-state index contributed by atoms with van der Waals surface area (Å²) in [5.74, 6) is 0. The highest BCUT2D eigenvalue weighted by molar-refractivity contribution is 7.80. The van der Waals surface area contributed by atoms with Crippen molar-refractivity contribution in [1.29, 1.82) is 0 Å². The molecule has 0 aliphatic carbocycles. The van der Waals surface area contributed by atoms with E-state index in [0.29, 0.717) is 13.5 Å². The second kappa shape index (κ2) is 9.94. The minimum Gasteiger partial charge on any atom is -0.372 e. The molecule has 0 amide bonds. The van der Waals surface area contributed by atoms with E-state index < -0.39 is 0 Å². The van der Waals surface area contributed by atoms with Crippen LogP contribution < -0.4 is 19.6 Å². The zero-order chi connectivity index (χ0) is 20.8. The van der Waals surface area contributed by atoms with E-state index in [4.69, 9.17) is 17.0 Å². The summed E-state index contributed by atoms with van der Waals surface area (Å²) in [5.41, 5.74) is 4.56. The van der Waals surface area contributed by atoms with Crippen LogP contribution in [0.1, 0.15) is 27.7 Å². The highest BCUT2D eigenvalue weighted by Gasteiger charge is 2.25. The Balaban J connectivity index is 1.76. The summed E-state index contributed by atoms with van der Waals surface area (Å²) in [6.07, 6.45) is 0. The van der Waals surface area contributed by atoms with Gasteiger partial charge in [-0.25, -0.2) is 0 Å². The van der Waals surface area contributed by atoms with Gasteiger partial charge in [-0.05, 0) is 88.4 Å². The van der Waals surface area contributed by atoms with Crippen LogP contribution in [0.15, 0.2) is 48.5 Å². The van der Waals surface area contributed by atoms with Gasteiger partial charge in [-0.2, -0.15) is 0 Å². The van der Waals surface area contributed by atoms with Gasteiger partial charge in [0.1, 0.15) is 13.5 Å². The van der Waals surface area contributed by atoms with Gasteiger partial charge in [-0.1, -0.05) is 0 Å².